The monoisotopic (exact) mass is 350 g/mol. The lowest BCUT2D eigenvalue weighted by Crippen LogP contribution is -2.20. The molecule has 1 amide bonds. The van der Waals surface area contributed by atoms with Crippen molar-refractivity contribution in [2.45, 2.75) is 32.6 Å². The highest BCUT2D eigenvalue weighted by Gasteiger charge is 2.23. The summed E-state index contributed by atoms with van der Waals surface area (Å²) in [6.07, 6.45) is 6.14. The van der Waals surface area contributed by atoms with Gasteiger partial charge in [-0.2, -0.15) is 0 Å². The number of aromatic nitrogens is 3. The average Bonchev–Trinajstić information content (AvgIpc) is 3.32. The molecule has 26 heavy (non-hydrogen) atoms. The predicted octanol–water partition coefficient (Wildman–Crippen LogP) is 3.84. The van der Waals surface area contributed by atoms with Crippen molar-refractivity contribution in [2.24, 2.45) is 5.92 Å². The Morgan fingerprint density at radius 2 is 2.04 bits per heavy atom. The lowest BCUT2D eigenvalue weighted by molar-refractivity contribution is -0.119. The Kier molecular flexibility index (Phi) is 4.32. The first-order valence-corrected chi connectivity index (χ1v) is 8.96. The van der Waals surface area contributed by atoms with Crippen molar-refractivity contribution in [2.75, 3.05) is 12.4 Å². The Morgan fingerprint density at radius 1 is 1.23 bits per heavy atom. The number of anilines is 1. The molecule has 1 aromatic carbocycles. The van der Waals surface area contributed by atoms with Crippen LogP contribution in [0.1, 0.15) is 31.2 Å². The molecular formula is C20H22N4O2. The van der Waals surface area contributed by atoms with Crippen LogP contribution < -0.4 is 10.1 Å². The molecule has 0 radical (unpaired) electrons. The number of ether oxygens (including phenoxy) is 1. The second-order valence-electron chi connectivity index (χ2n) is 6.80. The number of rotatable bonds is 4. The summed E-state index contributed by atoms with van der Waals surface area (Å²) in [4.78, 5) is 17.1. The van der Waals surface area contributed by atoms with Crippen molar-refractivity contribution in [3.63, 3.8) is 0 Å². The van der Waals surface area contributed by atoms with Crippen LogP contribution in [0.5, 0.6) is 5.88 Å². The van der Waals surface area contributed by atoms with Crippen molar-refractivity contribution in [1.82, 2.24) is 14.6 Å². The molecule has 6 nitrogen and oxygen atoms in total. The third-order valence-corrected chi connectivity index (χ3v) is 5.02. The maximum absolute atomic E-state index is 12.5. The molecule has 0 bridgehead atoms. The zero-order chi connectivity index (χ0) is 18.1. The number of benzene rings is 1. The van der Waals surface area contributed by atoms with Crippen molar-refractivity contribution < 1.29 is 9.53 Å². The molecule has 3 aromatic rings. The van der Waals surface area contributed by atoms with Gasteiger partial charge in [-0.05, 0) is 37.5 Å². The van der Waals surface area contributed by atoms with Crippen LogP contribution in [-0.4, -0.2) is 27.6 Å². The van der Waals surface area contributed by atoms with Gasteiger partial charge in [-0.3, -0.25) is 4.79 Å². The second kappa shape index (κ2) is 6.78. The Morgan fingerprint density at radius 3 is 2.81 bits per heavy atom. The van der Waals surface area contributed by atoms with Gasteiger partial charge < -0.3 is 10.1 Å². The first-order valence-electron chi connectivity index (χ1n) is 8.96. The first-order chi connectivity index (χ1) is 12.6. The smallest absolute Gasteiger partial charge is 0.231 e. The average molecular weight is 350 g/mol. The standard InChI is InChI=1S/C20H22N4O2/c1-13-7-8-15(11-16(13)22-20(25)14-5-3-4-6-14)17-12-24-18(21-17)9-10-19(23-24)26-2/h7-12,14H,3-6H2,1-2H3,(H,22,25). The minimum atomic E-state index is 0.129. The highest BCUT2D eigenvalue weighted by Crippen LogP contribution is 2.29. The zero-order valence-electron chi connectivity index (χ0n) is 15.0. The quantitative estimate of drug-likeness (QED) is 0.776. The summed E-state index contributed by atoms with van der Waals surface area (Å²) in [7, 11) is 1.59. The minimum absolute atomic E-state index is 0.129. The van der Waals surface area contributed by atoms with Crippen molar-refractivity contribution in [3.05, 3.63) is 42.1 Å². The highest BCUT2D eigenvalue weighted by atomic mass is 16.5. The van der Waals surface area contributed by atoms with E-state index in [9.17, 15) is 4.79 Å². The van der Waals surface area contributed by atoms with E-state index in [2.05, 4.69) is 15.4 Å². The van der Waals surface area contributed by atoms with Gasteiger partial charge in [0.1, 0.15) is 0 Å². The molecule has 0 atom stereocenters. The van der Waals surface area contributed by atoms with Gasteiger partial charge in [0.05, 0.1) is 19.0 Å². The first kappa shape index (κ1) is 16.6. The molecule has 1 fully saturated rings. The zero-order valence-corrected chi connectivity index (χ0v) is 15.0. The number of nitrogens with one attached hydrogen (secondary N) is 1. The molecule has 1 aliphatic rings. The van der Waals surface area contributed by atoms with Gasteiger partial charge in [0.25, 0.3) is 0 Å². The number of aryl methyl sites for hydroxylation is 1. The van der Waals surface area contributed by atoms with Crippen LogP contribution in [0, 0.1) is 12.8 Å². The molecule has 0 saturated heterocycles. The van der Waals surface area contributed by atoms with Crippen molar-refractivity contribution in [3.8, 4) is 17.1 Å². The number of carbonyl (C=O) groups is 1. The van der Waals surface area contributed by atoms with E-state index in [0.717, 1.165) is 53.8 Å². The fourth-order valence-electron chi connectivity index (χ4n) is 3.45. The van der Waals surface area contributed by atoms with E-state index in [1.165, 1.54) is 0 Å². The number of hydrogen-bond donors (Lipinski definition) is 1. The van der Waals surface area contributed by atoms with E-state index in [-0.39, 0.29) is 11.8 Å². The van der Waals surface area contributed by atoms with Crippen LogP contribution in [0.15, 0.2) is 36.5 Å². The molecule has 134 valence electrons. The van der Waals surface area contributed by atoms with Gasteiger partial charge in [-0.25, -0.2) is 9.50 Å². The molecule has 2 aromatic heterocycles. The number of fused-ring (bicyclic) bond motifs is 1. The van der Waals surface area contributed by atoms with Crippen LogP contribution in [0.2, 0.25) is 0 Å². The Labute approximate surface area is 152 Å². The molecule has 0 unspecified atom stereocenters. The summed E-state index contributed by atoms with van der Waals surface area (Å²) >= 11 is 0. The van der Waals surface area contributed by atoms with Gasteiger partial charge >= 0.3 is 0 Å². The summed E-state index contributed by atoms with van der Waals surface area (Å²) in [6.45, 7) is 2.00. The van der Waals surface area contributed by atoms with Crippen LogP contribution in [0.4, 0.5) is 5.69 Å². The number of nitrogens with zero attached hydrogens (tertiary/aromatic N) is 3. The molecule has 0 spiro atoms. The Bertz CT molecular complexity index is 958. The summed E-state index contributed by atoms with van der Waals surface area (Å²) in [5.41, 5.74) is 4.40. The fourth-order valence-corrected chi connectivity index (χ4v) is 3.45. The summed E-state index contributed by atoms with van der Waals surface area (Å²) in [5, 5.41) is 7.45. The number of methoxy groups -OCH3 is 1. The van der Waals surface area contributed by atoms with E-state index in [1.54, 1.807) is 17.7 Å². The third-order valence-electron chi connectivity index (χ3n) is 5.02. The lowest BCUT2D eigenvalue weighted by atomic mass is 10.1. The summed E-state index contributed by atoms with van der Waals surface area (Å²) < 4.78 is 6.86. The lowest BCUT2D eigenvalue weighted by Gasteiger charge is -2.13. The van der Waals surface area contributed by atoms with Crippen molar-refractivity contribution in [1.29, 1.82) is 0 Å². The summed E-state index contributed by atoms with van der Waals surface area (Å²) in [6, 6.07) is 9.67. The molecule has 2 heterocycles. The third kappa shape index (κ3) is 3.14. The van der Waals surface area contributed by atoms with Crippen LogP contribution in [0.25, 0.3) is 16.9 Å². The molecule has 4 rings (SSSR count). The van der Waals surface area contributed by atoms with Gasteiger partial charge in [-0.1, -0.05) is 25.0 Å². The normalized spacial score (nSPS) is 14.7. The fraction of sp³-hybridized carbons (Fsp3) is 0.350. The number of carbonyl (C=O) groups excluding carboxylic acids is 1. The predicted molar refractivity (Wildman–Crippen MR) is 100 cm³/mol. The molecule has 1 aliphatic carbocycles. The van der Waals surface area contributed by atoms with Crippen LogP contribution in [-0.2, 0) is 4.79 Å². The largest absolute Gasteiger partial charge is 0.480 e. The topological polar surface area (TPSA) is 68.5 Å². The maximum Gasteiger partial charge on any atom is 0.231 e. The number of hydrogen-bond acceptors (Lipinski definition) is 4. The van der Waals surface area contributed by atoms with Crippen molar-refractivity contribution >= 4 is 17.2 Å². The molecule has 1 N–H and O–H groups in total. The Hall–Kier alpha value is -2.89. The van der Waals surface area contributed by atoms with Gasteiger partial charge in [0.2, 0.25) is 11.8 Å². The van der Waals surface area contributed by atoms with E-state index in [1.807, 2.05) is 37.4 Å². The van der Waals surface area contributed by atoms with Gasteiger partial charge in [0.15, 0.2) is 5.65 Å². The van der Waals surface area contributed by atoms with E-state index < -0.39 is 0 Å². The van der Waals surface area contributed by atoms with Crippen LogP contribution in [0.3, 0.4) is 0 Å². The van der Waals surface area contributed by atoms with Gasteiger partial charge in [0, 0.05) is 23.2 Å². The number of amides is 1. The highest BCUT2D eigenvalue weighted by molar-refractivity contribution is 5.94. The van der Waals surface area contributed by atoms with Gasteiger partial charge in [-0.15, -0.1) is 5.10 Å². The van der Waals surface area contributed by atoms with Crippen LogP contribution >= 0.6 is 0 Å². The molecular weight excluding hydrogens is 328 g/mol. The maximum atomic E-state index is 12.5. The minimum Gasteiger partial charge on any atom is -0.480 e. The Balaban J connectivity index is 1.63. The molecule has 1 saturated carbocycles. The van der Waals surface area contributed by atoms with E-state index in [4.69, 9.17) is 4.74 Å². The van der Waals surface area contributed by atoms with E-state index >= 15 is 0 Å². The second-order valence-corrected chi connectivity index (χ2v) is 6.80. The van der Waals surface area contributed by atoms with E-state index in [0.29, 0.717) is 5.88 Å². The molecule has 6 heteroatoms. The number of imidazole rings is 1. The summed E-state index contributed by atoms with van der Waals surface area (Å²) in [5.74, 6) is 0.809. The SMILES string of the molecule is COc1ccc2nc(-c3ccc(C)c(NC(=O)C4CCCC4)c3)cn2n1. The molecule has 0 aliphatic heterocycles.